The number of unbranched alkanes of at least 4 members (excludes halogenated alkanes) is 1. The highest BCUT2D eigenvalue weighted by Crippen LogP contribution is 2.38. The van der Waals surface area contributed by atoms with E-state index >= 15 is 0 Å². The largest absolute Gasteiger partial charge is 0.493 e. The van der Waals surface area contributed by atoms with Gasteiger partial charge >= 0.3 is 0 Å². The zero-order valence-electron chi connectivity index (χ0n) is 11.3. The summed E-state index contributed by atoms with van der Waals surface area (Å²) in [5.41, 5.74) is 1.05. The van der Waals surface area contributed by atoms with Crippen LogP contribution in [0.3, 0.4) is 0 Å². The van der Waals surface area contributed by atoms with Crippen molar-refractivity contribution in [2.24, 2.45) is 0 Å². The van der Waals surface area contributed by atoms with E-state index in [9.17, 15) is 0 Å². The smallest absolute Gasteiger partial charge is 0.135 e. The number of ether oxygens (including phenoxy) is 1. The zero-order chi connectivity index (χ0) is 13.8. The molecule has 0 saturated heterocycles. The van der Waals surface area contributed by atoms with Crippen molar-refractivity contribution in [3.63, 3.8) is 0 Å². The Morgan fingerprint density at radius 1 is 1.20 bits per heavy atom. The van der Waals surface area contributed by atoms with Gasteiger partial charge in [0.15, 0.2) is 0 Å². The van der Waals surface area contributed by atoms with Gasteiger partial charge in [-0.3, -0.25) is 0 Å². The van der Waals surface area contributed by atoms with Gasteiger partial charge in [-0.25, -0.2) is 0 Å². The molecule has 20 heavy (non-hydrogen) atoms. The first-order chi connectivity index (χ1) is 9.90. The van der Waals surface area contributed by atoms with Crippen LogP contribution < -0.4 is 4.74 Å². The van der Waals surface area contributed by atoms with E-state index in [4.69, 9.17) is 4.74 Å². The Kier molecular flexibility index (Phi) is 3.92. The second-order valence-corrected chi connectivity index (χ2v) is 5.33. The molecule has 101 valence electrons. The van der Waals surface area contributed by atoms with Crippen molar-refractivity contribution in [2.75, 3.05) is 6.61 Å². The summed E-state index contributed by atoms with van der Waals surface area (Å²) < 4.78 is 9.86. The molecule has 0 bridgehead atoms. The second-order valence-electron chi connectivity index (χ2n) is 4.58. The minimum Gasteiger partial charge on any atom is -0.493 e. The van der Waals surface area contributed by atoms with E-state index < -0.39 is 0 Å². The lowest BCUT2D eigenvalue weighted by atomic mass is 10.0. The summed E-state index contributed by atoms with van der Waals surface area (Å²) >= 11 is 1.35. The average Bonchev–Trinajstić information content (AvgIpc) is 3.01. The van der Waals surface area contributed by atoms with Crippen molar-refractivity contribution in [3.8, 4) is 16.2 Å². The normalized spacial score (nSPS) is 10.8. The fraction of sp³-hybridized carbons (Fsp3) is 0.250. The van der Waals surface area contributed by atoms with Crippen LogP contribution in [0.15, 0.2) is 36.4 Å². The van der Waals surface area contributed by atoms with Crippen LogP contribution >= 0.6 is 11.5 Å². The molecular weight excluding hydrogens is 268 g/mol. The Morgan fingerprint density at radius 3 is 2.90 bits per heavy atom. The van der Waals surface area contributed by atoms with Crippen LogP contribution in [0.5, 0.6) is 5.75 Å². The fourth-order valence-corrected chi connectivity index (χ4v) is 2.73. The lowest BCUT2D eigenvalue weighted by Crippen LogP contribution is -1.98. The summed E-state index contributed by atoms with van der Waals surface area (Å²) in [7, 11) is 0. The molecule has 0 atom stereocenters. The molecular formula is C16H15N2OS. The van der Waals surface area contributed by atoms with E-state index in [0.29, 0.717) is 0 Å². The molecule has 0 saturated carbocycles. The Labute approximate surface area is 122 Å². The maximum Gasteiger partial charge on any atom is 0.135 e. The Bertz CT molecular complexity index is 695. The average molecular weight is 283 g/mol. The number of hydrogen-bond acceptors (Lipinski definition) is 4. The highest BCUT2D eigenvalue weighted by molar-refractivity contribution is 7.09. The van der Waals surface area contributed by atoms with E-state index in [1.165, 1.54) is 16.9 Å². The van der Waals surface area contributed by atoms with Crippen molar-refractivity contribution in [2.45, 2.75) is 19.8 Å². The summed E-state index contributed by atoms with van der Waals surface area (Å²) in [6.45, 7) is 2.89. The second kappa shape index (κ2) is 6.01. The Balaban J connectivity index is 2.11. The van der Waals surface area contributed by atoms with Crippen LogP contribution in [0.2, 0.25) is 0 Å². The van der Waals surface area contributed by atoms with Crippen LogP contribution in [0.25, 0.3) is 21.2 Å². The molecule has 0 aliphatic heterocycles. The minimum atomic E-state index is 0.730. The number of aromatic nitrogens is 2. The van der Waals surface area contributed by atoms with Gasteiger partial charge < -0.3 is 4.74 Å². The van der Waals surface area contributed by atoms with E-state index in [2.05, 4.69) is 40.9 Å². The van der Waals surface area contributed by atoms with Gasteiger partial charge in [0.1, 0.15) is 11.9 Å². The van der Waals surface area contributed by atoms with Gasteiger partial charge in [0.05, 0.1) is 11.5 Å². The third-order valence-electron chi connectivity index (χ3n) is 3.20. The van der Waals surface area contributed by atoms with Crippen molar-refractivity contribution >= 4 is 22.3 Å². The molecule has 0 N–H and O–H groups in total. The summed E-state index contributed by atoms with van der Waals surface area (Å²) in [6.07, 6.45) is 5.13. The number of fused-ring (bicyclic) bond motifs is 1. The third-order valence-corrected chi connectivity index (χ3v) is 3.84. The molecule has 1 heterocycles. The quantitative estimate of drug-likeness (QED) is 0.653. The van der Waals surface area contributed by atoms with Gasteiger partial charge in [-0.05, 0) is 34.8 Å². The van der Waals surface area contributed by atoms with Gasteiger partial charge in [0.25, 0.3) is 0 Å². The first-order valence-electron chi connectivity index (χ1n) is 6.75. The first kappa shape index (κ1) is 13.1. The van der Waals surface area contributed by atoms with Crippen LogP contribution in [-0.4, -0.2) is 16.2 Å². The molecule has 0 spiro atoms. The van der Waals surface area contributed by atoms with Gasteiger partial charge in [0, 0.05) is 5.56 Å². The zero-order valence-corrected chi connectivity index (χ0v) is 12.1. The first-order valence-corrected chi connectivity index (χ1v) is 7.52. The highest BCUT2D eigenvalue weighted by Gasteiger charge is 2.13. The summed E-state index contributed by atoms with van der Waals surface area (Å²) in [4.78, 5) is 0.924. The van der Waals surface area contributed by atoms with Crippen LogP contribution in [0.1, 0.15) is 19.8 Å². The third kappa shape index (κ3) is 2.51. The molecule has 3 aromatic rings. The van der Waals surface area contributed by atoms with E-state index in [1.807, 2.05) is 18.2 Å². The molecule has 2 aromatic carbocycles. The standard InChI is InChI=1S/C16H15N2OS/c1-2-3-10-19-14-9-8-12-6-4-5-7-13(12)16(14)15-11-17-18-20-15/h4-9H,2-3,10H2,1H3. The number of hydrogen-bond donors (Lipinski definition) is 0. The van der Waals surface area contributed by atoms with Gasteiger partial charge in [0.2, 0.25) is 0 Å². The molecule has 0 unspecified atom stereocenters. The van der Waals surface area contributed by atoms with Crippen molar-refractivity contribution in [1.29, 1.82) is 0 Å². The topological polar surface area (TPSA) is 35.0 Å². The number of rotatable bonds is 5. The molecule has 0 amide bonds. The van der Waals surface area contributed by atoms with Crippen LogP contribution in [0, 0.1) is 6.20 Å². The highest BCUT2D eigenvalue weighted by atomic mass is 32.1. The molecule has 3 nitrogen and oxygen atoms in total. The van der Waals surface area contributed by atoms with Crippen LogP contribution in [-0.2, 0) is 0 Å². The lowest BCUT2D eigenvalue weighted by molar-refractivity contribution is 0.311. The fourth-order valence-electron chi connectivity index (χ4n) is 2.18. The van der Waals surface area contributed by atoms with Crippen molar-refractivity contribution in [1.82, 2.24) is 9.59 Å². The van der Waals surface area contributed by atoms with Gasteiger partial charge in [-0.2, -0.15) is 0 Å². The summed E-state index contributed by atoms with van der Waals surface area (Å²) in [6, 6.07) is 12.4. The van der Waals surface area contributed by atoms with E-state index in [1.54, 1.807) is 0 Å². The summed E-state index contributed by atoms with van der Waals surface area (Å²) in [5, 5.41) is 6.17. The maximum absolute atomic E-state index is 5.94. The lowest BCUT2D eigenvalue weighted by Gasteiger charge is -2.12. The van der Waals surface area contributed by atoms with Crippen LogP contribution in [0.4, 0.5) is 0 Å². The maximum atomic E-state index is 5.94. The predicted octanol–water partition coefficient (Wildman–Crippen LogP) is 4.34. The number of benzene rings is 2. The SMILES string of the molecule is CCCCOc1ccc2ccccc2c1-c1[c]nns1. The minimum absolute atomic E-state index is 0.730. The Hall–Kier alpha value is -1.94. The van der Waals surface area contributed by atoms with Crippen molar-refractivity contribution in [3.05, 3.63) is 42.6 Å². The molecule has 4 heteroatoms. The predicted molar refractivity (Wildman–Crippen MR) is 82.1 cm³/mol. The summed E-state index contributed by atoms with van der Waals surface area (Å²) in [5.74, 6) is 0.888. The monoisotopic (exact) mass is 283 g/mol. The molecule has 0 aliphatic rings. The molecule has 0 aliphatic carbocycles. The molecule has 1 radical (unpaired) electrons. The van der Waals surface area contributed by atoms with Gasteiger partial charge in [-0.15, -0.1) is 5.10 Å². The van der Waals surface area contributed by atoms with E-state index in [-0.39, 0.29) is 0 Å². The van der Waals surface area contributed by atoms with Gasteiger partial charge in [-0.1, -0.05) is 48.2 Å². The van der Waals surface area contributed by atoms with E-state index in [0.717, 1.165) is 41.0 Å². The Morgan fingerprint density at radius 2 is 2.10 bits per heavy atom. The van der Waals surface area contributed by atoms with Crippen molar-refractivity contribution < 1.29 is 4.74 Å². The molecule has 1 aromatic heterocycles. The molecule has 3 rings (SSSR count). The number of nitrogens with zero attached hydrogens (tertiary/aromatic N) is 2. The molecule has 0 fully saturated rings.